The molecule has 2 aliphatic heterocycles. The van der Waals surface area contributed by atoms with E-state index in [9.17, 15) is 8.42 Å². The van der Waals surface area contributed by atoms with Crippen molar-refractivity contribution < 1.29 is 8.42 Å². The number of benzene rings is 1. The Morgan fingerprint density at radius 1 is 1.25 bits per heavy atom. The Bertz CT molecular complexity index is 620. The Morgan fingerprint density at radius 3 is 2.80 bits per heavy atom. The highest BCUT2D eigenvalue weighted by Gasteiger charge is 2.36. The number of nitrogens with two attached hydrogens (primary N) is 1. The van der Waals surface area contributed by atoms with Crippen LogP contribution in [0.15, 0.2) is 23.1 Å². The van der Waals surface area contributed by atoms with Crippen LogP contribution in [0.4, 0.5) is 5.69 Å². The van der Waals surface area contributed by atoms with Gasteiger partial charge in [-0.2, -0.15) is 4.31 Å². The summed E-state index contributed by atoms with van der Waals surface area (Å²) in [5.74, 6) is 0. The molecule has 20 heavy (non-hydrogen) atoms. The summed E-state index contributed by atoms with van der Waals surface area (Å²) in [5.41, 5.74) is 6.01. The maximum Gasteiger partial charge on any atom is 0.243 e. The number of nitrogens with zero attached hydrogens (tertiary/aromatic N) is 2. The van der Waals surface area contributed by atoms with Gasteiger partial charge in [0.1, 0.15) is 0 Å². The maximum absolute atomic E-state index is 12.6. The molecular formula is C13H18ClN3O2S. The molecule has 110 valence electrons. The summed E-state index contributed by atoms with van der Waals surface area (Å²) in [6, 6.07) is 4.87. The number of halogens is 1. The van der Waals surface area contributed by atoms with Crippen LogP contribution in [-0.2, 0) is 10.0 Å². The van der Waals surface area contributed by atoms with Crippen LogP contribution in [0.3, 0.4) is 0 Å². The molecule has 3 rings (SSSR count). The number of fused-ring (bicyclic) bond motifs is 1. The zero-order valence-corrected chi connectivity index (χ0v) is 12.7. The zero-order valence-electron chi connectivity index (χ0n) is 11.1. The molecule has 2 N–H and O–H groups in total. The van der Waals surface area contributed by atoms with Crippen LogP contribution in [0.2, 0.25) is 5.02 Å². The van der Waals surface area contributed by atoms with Gasteiger partial charge in [0.2, 0.25) is 10.0 Å². The first-order valence-corrected chi connectivity index (χ1v) is 8.59. The monoisotopic (exact) mass is 315 g/mol. The van der Waals surface area contributed by atoms with E-state index < -0.39 is 10.0 Å². The standard InChI is InChI=1S/C13H18ClN3O2S/c14-12-4-3-11(8-13(12)15)20(18,19)17-7-6-16-5-1-2-10(16)9-17/h3-4,8,10H,1-2,5-7,9,15H2. The molecule has 7 heteroatoms. The van der Waals surface area contributed by atoms with Gasteiger partial charge < -0.3 is 5.73 Å². The average molecular weight is 316 g/mol. The second-order valence-corrected chi connectivity index (χ2v) is 7.72. The van der Waals surface area contributed by atoms with E-state index >= 15 is 0 Å². The molecule has 0 aliphatic carbocycles. The molecule has 2 aliphatic rings. The minimum absolute atomic E-state index is 0.228. The first kappa shape index (κ1) is 14.1. The molecule has 0 spiro atoms. The van der Waals surface area contributed by atoms with E-state index in [-0.39, 0.29) is 4.90 Å². The van der Waals surface area contributed by atoms with Gasteiger partial charge in [-0.15, -0.1) is 0 Å². The van der Waals surface area contributed by atoms with Crippen LogP contribution in [0.5, 0.6) is 0 Å². The third-order valence-electron chi connectivity index (χ3n) is 4.16. The van der Waals surface area contributed by atoms with Gasteiger partial charge in [0.25, 0.3) is 0 Å². The molecule has 1 unspecified atom stereocenters. The van der Waals surface area contributed by atoms with Crippen LogP contribution < -0.4 is 5.73 Å². The summed E-state index contributed by atoms with van der Waals surface area (Å²) in [6.45, 7) is 3.02. The lowest BCUT2D eigenvalue weighted by atomic mass is 10.2. The fourth-order valence-electron chi connectivity index (χ4n) is 3.01. The molecular weight excluding hydrogens is 298 g/mol. The second kappa shape index (κ2) is 5.18. The Kier molecular flexibility index (Phi) is 3.66. The zero-order chi connectivity index (χ0) is 14.3. The predicted octanol–water partition coefficient (Wildman–Crippen LogP) is 1.39. The highest BCUT2D eigenvalue weighted by molar-refractivity contribution is 7.89. The minimum atomic E-state index is -3.47. The van der Waals surface area contributed by atoms with Gasteiger partial charge in [0.05, 0.1) is 15.6 Å². The quantitative estimate of drug-likeness (QED) is 0.838. The minimum Gasteiger partial charge on any atom is -0.397 e. The van der Waals surface area contributed by atoms with E-state index in [0.717, 1.165) is 25.9 Å². The van der Waals surface area contributed by atoms with E-state index in [2.05, 4.69) is 4.90 Å². The van der Waals surface area contributed by atoms with Crippen LogP contribution >= 0.6 is 11.6 Å². The van der Waals surface area contributed by atoms with Gasteiger partial charge in [0, 0.05) is 25.7 Å². The van der Waals surface area contributed by atoms with Crippen molar-refractivity contribution in [1.29, 1.82) is 0 Å². The number of hydrogen-bond donors (Lipinski definition) is 1. The van der Waals surface area contributed by atoms with Gasteiger partial charge >= 0.3 is 0 Å². The summed E-state index contributed by atoms with van der Waals surface area (Å²) in [4.78, 5) is 2.60. The number of piperazine rings is 1. The molecule has 5 nitrogen and oxygen atoms in total. The molecule has 2 heterocycles. The van der Waals surface area contributed by atoms with Crippen molar-refractivity contribution in [3.05, 3.63) is 23.2 Å². The van der Waals surface area contributed by atoms with E-state index in [0.29, 0.717) is 29.8 Å². The largest absolute Gasteiger partial charge is 0.397 e. The number of hydrogen-bond acceptors (Lipinski definition) is 4. The van der Waals surface area contributed by atoms with Crippen molar-refractivity contribution in [3.8, 4) is 0 Å². The molecule has 0 aromatic heterocycles. The Hall–Kier alpha value is -0.820. The highest BCUT2D eigenvalue weighted by Crippen LogP contribution is 2.28. The molecule has 0 amide bonds. The number of sulfonamides is 1. The van der Waals surface area contributed by atoms with Gasteiger partial charge in [-0.25, -0.2) is 8.42 Å². The molecule has 0 bridgehead atoms. The first-order chi connectivity index (χ1) is 9.48. The molecule has 0 saturated carbocycles. The highest BCUT2D eigenvalue weighted by atomic mass is 35.5. The fraction of sp³-hybridized carbons (Fsp3) is 0.538. The van der Waals surface area contributed by atoms with E-state index in [1.165, 1.54) is 18.2 Å². The summed E-state index contributed by atoms with van der Waals surface area (Å²) >= 11 is 5.85. The normalized spacial score (nSPS) is 24.8. The number of nitrogen functional groups attached to an aromatic ring is 1. The third-order valence-corrected chi connectivity index (χ3v) is 6.36. The molecule has 2 fully saturated rings. The van der Waals surface area contributed by atoms with E-state index in [1.54, 1.807) is 4.31 Å². The van der Waals surface area contributed by atoms with Gasteiger partial charge in [0.15, 0.2) is 0 Å². The lowest BCUT2D eigenvalue weighted by molar-refractivity contribution is 0.158. The van der Waals surface area contributed by atoms with Gasteiger partial charge in [-0.05, 0) is 37.6 Å². The smallest absolute Gasteiger partial charge is 0.243 e. The number of rotatable bonds is 2. The Balaban J connectivity index is 1.86. The first-order valence-electron chi connectivity index (χ1n) is 6.78. The maximum atomic E-state index is 12.6. The SMILES string of the molecule is Nc1cc(S(=O)(=O)N2CCN3CCCC3C2)ccc1Cl. The fourth-order valence-corrected chi connectivity index (χ4v) is 4.63. The molecule has 0 radical (unpaired) electrons. The van der Waals surface area contributed by atoms with Crippen molar-refractivity contribution in [2.24, 2.45) is 0 Å². The molecule has 1 atom stereocenters. The second-order valence-electron chi connectivity index (χ2n) is 5.38. The lowest BCUT2D eigenvalue weighted by Gasteiger charge is -2.36. The summed E-state index contributed by atoms with van der Waals surface area (Å²) in [6.07, 6.45) is 2.24. The third kappa shape index (κ3) is 2.41. The topological polar surface area (TPSA) is 66.6 Å². The van der Waals surface area contributed by atoms with Crippen molar-refractivity contribution in [1.82, 2.24) is 9.21 Å². The van der Waals surface area contributed by atoms with Gasteiger partial charge in [-0.1, -0.05) is 11.6 Å². The van der Waals surface area contributed by atoms with E-state index in [4.69, 9.17) is 17.3 Å². The van der Waals surface area contributed by atoms with Crippen molar-refractivity contribution in [2.45, 2.75) is 23.8 Å². The Labute approximate surface area is 124 Å². The summed E-state index contributed by atoms with van der Waals surface area (Å²) < 4.78 is 26.9. The van der Waals surface area contributed by atoms with Crippen LogP contribution in [0.25, 0.3) is 0 Å². The van der Waals surface area contributed by atoms with Crippen LogP contribution in [0, 0.1) is 0 Å². The van der Waals surface area contributed by atoms with Crippen molar-refractivity contribution >= 4 is 27.3 Å². The van der Waals surface area contributed by atoms with Crippen LogP contribution in [0.1, 0.15) is 12.8 Å². The average Bonchev–Trinajstić information content (AvgIpc) is 2.89. The van der Waals surface area contributed by atoms with Crippen LogP contribution in [-0.4, -0.2) is 49.8 Å². The predicted molar refractivity (Wildman–Crippen MR) is 79.2 cm³/mol. The van der Waals surface area contributed by atoms with Gasteiger partial charge in [-0.3, -0.25) is 4.90 Å². The molecule has 2 saturated heterocycles. The van der Waals surface area contributed by atoms with Crippen molar-refractivity contribution in [2.75, 3.05) is 31.9 Å². The van der Waals surface area contributed by atoms with E-state index in [1.807, 2.05) is 0 Å². The lowest BCUT2D eigenvalue weighted by Crippen LogP contribution is -2.51. The Morgan fingerprint density at radius 2 is 2.05 bits per heavy atom. The number of anilines is 1. The summed E-state index contributed by atoms with van der Waals surface area (Å²) in [5, 5.41) is 0.379. The molecule has 1 aromatic rings. The molecule has 1 aromatic carbocycles. The van der Waals surface area contributed by atoms with Crippen molar-refractivity contribution in [3.63, 3.8) is 0 Å². The summed E-state index contributed by atoms with van der Waals surface area (Å²) in [7, 11) is -3.47.